The van der Waals surface area contributed by atoms with Crippen LogP contribution >= 0.6 is 0 Å². The summed E-state index contributed by atoms with van der Waals surface area (Å²) in [5.74, 6) is 0.0125. The summed E-state index contributed by atoms with van der Waals surface area (Å²) in [5, 5.41) is 4.80. The van der Waals surface area contributed by atoms with Gasteiger partial charge in [-0.25, -0.2) is 9.80 Å². The molecule has 2 N–H and O–H groups in total. The van der Waals surface area contributed by atoms with E-state index in [4.69, 9.17) is 9.47 Å². The van der Waals surface area contributed by atoms with Crippen LogP contribution in [-0.2, 0) is 20.8 Å². The average Bonchev–Trinajstić information content (AvgIpc) is 3.39. The third-order valence-electron chi connectivity index (χ3n) is 9.73. The number of carbonyl (C=O) groups is 3. The number of rotatable bonds is 11. The van der Waals surface area contributed by atoms with E-state index >= 15 is 0 Å². The summed E-state index contributed by atoms with van der Waals surface area (Å²) < 4.78 is 11.0. The Morgan fingerprint density at radius 2 is 1.47 bits per heavy atom. The van der Waals surface area contributed by atoms with Gasteiger partial charge in [0.05, 0.1) is 13.0 Å². The van der Waals surface area contributed by atoms with E-state index in [1.54, 1.807) is 19.1 Å². The SMILES string of the molecule is CCOC(=O)CCNC(=O)c1ccc(CN(NC(=O)OC(C)C2c3ccccc3-c3ccccc32)C2CCC(C(C)(C)C)CC2)cc1. The second-order valence-corrected chi connectivity index (χ2v) is 13.9. The zero-order valence-electron chi connectivity index (χ0n) is 28.4. The summed E-state index contributed by atoms with van der Waals surface area (Å²) in [6.07, 6.45) is 3.43. The van der Waals surface area contributed by atoms with Crippen molar-refractivity contribution in [3.8, 4) is 11.1 Å². The third-order valence-corrected chi connectivity index (χ3v) is 9.73. The van der Waals surface area contributed by atoms with Crippen LogP contribution in [0.15, 0.2) is 72.8 Å². The Labute approximate surface area is 279 Å². The summed E-state index contributed by atoms with van der Waals surface area (Å²) in [5.41, 5.74) is 9.59. The first-order valence-corrected chi connectivity index (χ1v) is 17.0. The van der Waals surface area contributed by atoms with Gasteiger partial charge in [0.1, 0.15) is 6.10 Å². The number of amides is 2. The van der Waals surface area contributed by atoms with Gasteiger partial charge in [0.15, 0.2) is 0 Å². The average molecular weight is 640 g/mol. The summed E-state index contributed by atoms with van der Waals surface area (Å²) in [7, 11) is 0. The lowest BCUT2D eigenvalue weighted by atomic mass is 9.71. The number of fused-ring (bicyclic) bond motifs is 3. The second-order valence-electron chi connectivity index (χ2n) is 13.9. The highest BCUT2D eigenvalue weighted by Gasteiger charge is 2.36. The van der Waals surface area contributed by atoms with Gasteiger partial charge in [0.25, 0.3) is 5.91 Å². The molecule has 8 heteroatoms. The minimum absolute atomic E-state index is 0.0418. The predicted octanol–water partition coefficient (Wildman–Crippen LogP) is 7.62. The van der Waals surface area contributed by atoms with Gasteiger partial charge in [-0.1, -0.05) is 81.4 Å². The Morgan fingerprint density at radius 1 is 0.872 bits per heavy atom. The fourth-order valence-electron chi connectivity index (χ4n) is 7.17. The fourth-order valence-corrected chi connectivity index (χ4v) is 7.17. The monoisotopic (exact) mass is 639 g/mol. The van der Waals surface area contributed by atoms with Gasteiger partial charge < -0.3 is 14.8 Å². The lowest BCUT2D eigenvalue weighted by Crippen LogP contribution is -2.50. The van der Waals surface area contributed by atoms with Crippen LogP contribution in [0.1, 0.15) is 99.7 Å². The Kier molecular flexibility index (Phi) is 11.0. The molecule has 2 amide bonds. The number of nitrogens with zero attached hydrogens (tertiary/aromatic N) is 1. The molecule has 1 saturated carbocycles. The molecule has 3 aromatic rings. The van der Waals surface area contributed by atoms with Crippen molar-refractivity contribution in [2.24, 2.45) is 11.3 Å². The third kappa shape index (κ3) is 8.41. The van der Waals surface area contributed by atoms with E-state index in [2.05, 4.69) is 55.8 Å². The van der Waals surface area contributed by atoms with Crippen LogP contribution < -0.4 is 10.7 Å². The molecule has 0 heterocycles. The van der Waals surface area contributed by atoms with Crippen molar-refractivity contribution < 1.29 is 23.9 Å². The van der Waals surface area contributed by atoms with Crippen LogP contribution in [0.5, 0.6) is 0 Å². The van der Waals surface area contributed by atoms with Gasteiger partial charge in [0, 0.05) is 30.6 Å². The predicted molar refractivity (Wildman–Crippen MR) is 184 cm³/mol. The van der Waals surface area contributed by atoms with E-state index in [9.17, 15) is 14.4 Å². The molecule has 0 aliphatic heterocycles. The Hall–Kier alpha value is -4.17. The zero-order valence-corrected chi connectivity index (χ0v) is 28.4. The number of hydrazine groups is 1. The molecule has 0 aromatic heterocycles. The van der Waals surface area contributed by atoms with Gasteiger partial charge in [-0.2, -0.15) is 0 Å². The van der Waals surface area contributed by atoms with E-state index in [0.717, 1.165) is 31.2 Å². The van der Waals surface area contributed by atoms with Crippen molar-refractivity contribution in [1.82, 2.24) is 15.8 Å². The molecule has 0 bridgehead atoms. The maximum absolute atomic E-state index is 13.6. The second kappa shape index (κ2) is 15.2. The maximum atomic E-state index is 13.6. The molecular weight excluding hydrogens is 590 g/mol. The van der Waals surface area contributed by atoms with Crippen molar-refractivity contribution in [2.75, 3.05) is 13.2 Å². The minimum Gasteiger partial charge on any atom is -0.466 e. The van der Waals surface area contributed by atoms with Gasteiger partial charge in [-0.05, 0) is 90.8 Å². The lowest BCUT2D eigenvalue weighted by molar-refractivity contribution is -0.142. The van der Waals surface area contributed by atoms with E-state index in [-0.39, 0.29) is 48.3 Å². The molecule has 8 nitrogen and oxygen atoms in total. The molecule has 47 heavy (non-hydrogen) atoms. The van der Waals surface area contributed by atoms with Crippen LogP contribution in [0.4, 0.5) is 4.79 Å². The van der Waals surface area contributed by atoms with E-state index in [1.807, 2.05) is 48.3 Å². The smallest absolute Gasteiger partial charge is 0.422 e. The maximum Gasteiger partial charge on any atom is 0.422 e. The van der Waals surface area contributed by atoms with Gasteiger partial charge in [0.2, 0.25) is 0 Å². The first kappa shape index (κ1) is 34.2. The van der Waals surface area contributed by atoms with Crippen molar-refractivity contribution in [2.45, 2.75) is 91.3 Å². The lowest BCUT2D eigenvalue weighted by Gasteiger charge is -2.41. The van der Waals surface area contributed by atoms with Crippen molar-refractivity contribution in [1.29, 1.82) is 0 Å². The first-order valence-electron chi connectivity index (χ1n) is 17.0. The highest BCUT2D eigenvalue weighted by atomic mass is 16.6. The molecule has 250 valence electrons. The number of hydrogen-bond donors (Lipinski definition) is 2. The zero-order chi connectivity index (χ0) is 33.6. The van der Waals surface area contributed by atoms with E-state index in [1.165, 1.54) is 22.3 Å². The summed E-state index contributed by atoms with van der Waals surface area (Å²) in [6.45, 7) is 11.7. The number of benzene rings is 3. The number of hydrogen-bond acceptors (Lipinski definition) is 6. The van der Waals surface area contributed by atoms with E-state index < -0.39 is 6.09 Å². The molecule has 0 saturated heterocycles. The molecule has 2 aliphatic rings. The fraction of sp³-hybridized carbons (Fsp3) is 0.462. The molecule has 2 aliphatic carbocycles. The first-order chi connectivity index (χ1) is 22.5. The molecule has 0 spiro atoms. The van der Waals surface area contributed by atoms with Crippen LogP contribution in [-0.4, -0.2) is 48.3 Å². The Bertz CT molecular complexity index is 1490. The van der Waals surface area contributed by atoms with Crippen LogP contribution in [0, 0.1) is 11.3 Å². The standard InChI is InChI=1S/C39H49N3O5/c1-6-46-35(43)23-24-40-37(44)28-17-15-27(16-18-28)25-42(30-21-19-29(20-22-30)39(3,4)5)41-38(45)47-26(2)36-33-13-9-7-11-31(33)32-12-8-10-14-34(32)36/h7-18,26,29-30,36H,6,19-25H2,1-5H3,(H,40,44)(H,41,45). The van der Waals surface area contributed by atoms with Gasteiger partial charge in [-0.15, -0.1) is 0 Å². The molecule has 1 fully saturated rings. The largest absolute Gasteiger partial charge is 0.466 e. The van der Waals surface area contributed by atoms with Gasteiger partial charge in [-0.3, -0.25) is 15.0 Å². The molecule has 1 unspecified atom stereocenters. The van der Waals surface area contributed by atoms with Crippen molar-refractivity contribution >= 4 is 18.0 Å². The number of nitrogens with one attached hydrogen (secondary N) is 2. The molecule has 3 aromatic carbocycles. The quantitative estimate of drug-likeness (QED) is 0.166. The van der Waals surface area contributed by atoms with Crippen LogP contribution in [0.25, 0.3) is 11.1 Å². The van der Waals surface area contributed by atoms with Crippen molar-refractivity contribution in [3.63, 3.8) is 0 Å². The Morgan fingerprint density at radius 3 is 2.04 bits per heavy atom. The van der Waals surface area contributed by atoms with Gasteiger partial charge >= 0.3 is 12.1 Å². The number of carbonyl (C=O) groups excluding carboxylic acids is 3. The van der Waals surface area contributed by atoms with Crippen molar-refractivity contribution in [3.05, 3.63) is 95.1 Å². The minimum atomic E-state index is -0.463. The molecule has 0 radical (unpaired) electrons. The van der Waals surface area contributed by atoms with E-state index in [0.29, 0.717) is 24.6 Å². The normalized spacial score (nSPS) is 18.2. The topological polar surface area (TPSA) is 97.0 Å². The highest BCUT2D eigenvalue weighted by Crippen LogP contribution is 2.46. The van der Waals surface area contributed by atoms with Crippen LogP contribution in [0.2, 0.25) is 0 Å². The molecular formula is C39H49N3O5. The number of esters is 1. The highest BCUT2D eigenvalue weighted by molar-refractivity contribution is 5.94. The molecule has 5 rings (SSSR count). The summed E-state index contributed by atoms with van der Waals surface area (Å²) in [4.78, 5) is 37.8. The molecule has 1 atom stereocenters. The summed E-state index contributed by atoms with van der Waals surface area (Å²) in [6, 6.07) is 24.2. The van der Waals surface area contributed by atoms with Crippen LogP contribution in [0.3, 0.4) is 0 Å². The Balaban J connectivity index is 1.26. The number of ether oxygens (including phenoxy) is 2. The summed E-state index contributed by atoms with van der Waals surface area (Å²) >= 11 is 0.